The van der Waals surface area contributed by atoms with E-state index in [0.717, 1.165) is 23.2 Å². The van der Waals surface area contributed by atoms with Crippen LogP contribution >= 0.6 is 9.39 Å². The second-order valence-electron chi connectivity index (χ2n) is 4.17. The van der Waals surface area contributed by atoms with E-state index < -0.39 is 0 Å². The summed E-state index contributed by atoms with van der Waals surface area (Å²) in [4.78, 5) is 11.5. The van der Waals surface area contributed by atoms with Gasteiger partial charge in [-0.15, -0.1) is 0 Å². The fourth-order valence-corrected chi connectivity index (χ4v) is 2.46. The molecule has 3 heteroatoms. The summed E-state index contributed by atoms with van der Waals surface area (Å²) in [6.07, 6.45) is 3.96. The Morgan fingerprint density at radius 3 is 2.81 bits per heavy atom. The number of hydrogen-bond donors (Lipinski definition) is 0. The third-order valence-corrected chi connectivity index (χ3v) is 3.34. The number of ketones is 1. The Morgan fingerprint density at radius 1 is 1.44 bits per heavy atom. The molecule has 0 amide bonds. The number of carbonyl (C=O) groups is 1. The molecule has 0 bridgehead atoms. The zero-order valence-electron chi connectivity index (χ0n) is 9.49. The van der Waals surface area contributed by atoms with Crippen molar-refractivity contribution in [3.05, 3.63) is 35.4 Å². The van der Waals surface area contributed by atoms with E-state index in [4.69, 9.17) is 0 Å². The second kappa shape index (κ2) is 4.39. The maximum absolute atomic E-state index is 11.5. The molecule has 1 aromatic carbocycles. The van der Waals surface area contributed by atoms with Crippen LogP contribution < -0.4 is 4.67 Å². The molecule has 1 unspecified atom stereocenters. The number of aryl methyl sites for hydroxylation is 1. The minimum atomic E-state index is 0.333. The van der Waals surface area contributed by atoms with Gasteiger partial charge in [0.25, 0.3) is 0 Å². The lowest BCUT2D eigenvalue weighted by atomic mass is 9.86. The number of Topliss-reactive ketones (excluding diaryl/α,β-unsaturated/α-hetero) is 1. The third-order valence-electron chi connectivity index (χ3n) is 3.06. The summed E-state index contributed by atoms with van der Waals surface area (Å²) in [5, 5.41) is 0. The summed E-state index contributed by atoms with van der Waals surface area (Å²) in [5.74, 6) is 0.333. The molecule has 0 N–H and O–H groups in total. The van der Waals surface area contributed by atoms with Gasteiger partial charge in [-0.1, -0.05) is 18.7 Å². The quantitative estimate of drug-likeness (QED) is 0.732. The van der Waals surface area contributed by atoms with Crippen LogP contribution in [0.15, 0.2) is 18.7 Å². The van der Waals surface area contributed by atoms with Gasteiger partial charge in [0.15, 0.2) is 0 Å². The van der Waals surface area contributed by atoms with Gasteiger partial charge in [-0.2, -0.15) is 0 Å². The van der Waals surface area contributed by atoms with E-state index in [2.05, 4.69) is 28.1 Å². The molecule has 0 saturated heterocycles. The lowest BCUT2D eigenvalue weighted by Gasteiger charge is -2.23. The van der Waals surface area contributed by atoms with Crippen molar-refractivity contribution >= 4 is 26.9 Å². The van der Waals surface area contributed by atoms with Crippen LogP contribution in [0.5, 0.6) is 0 Å². The van der Waals surface area contributed by atoms with Gasteiger partial charge in [-0.25, -0.2) is 0 Å². The number of fused-ring (bicyclic) bond motifs is 1. The first-order chi connectivity index (χ1) is 7.63. The van der Waals surface area contributed by atoms with Crippen molar-refractivity contribution in [3.63, 3.8) is 0 Å². The van der Waals surface area contributed by atoms with Crippen LogP contribution in [0.4, 0.5) is 5.69 Å². The summed E-state index contributed by atoms with van der Waals surface area (Å²) in [5.41, 5.74) is 4.67. The van der Waals surface area contributed by atoms with Crippen LogP contribution in [0.25, 0.3) is 6.08 Å². The number of hydrogen-bond acceptors (Lipinski definition) is 2. The molecule has 0 aromatic heterocycles. The summed E-state index contributed by atoms with van der Waals surface area (Å²) in [7, 11) is 4.61. The maximum Gasteiger partial charge on any atom is 0.137 e. The number of anilines is 1. The minimum absolute atomic E-state index is 0.333. The van der Waals surface area contributed by atoms with Crippen LogP contribution in [0, 0.1) is 0 Å². The van der Waals surface area contributed by atoms with Crippen LogP contribution in [0.1, 0.15) is 23.1 Å². The molecule has 0 aliphatic heterocycles. The molecule has 1 aliphatic carbocycles. The smallest absolute Gasteiger partial charge is 0.137 e. The van der Waals surface area contributed by atoms with Gasteiger partial charge in [-0.3, -0.25) is 4.79 Å². The van der Waals surface area contributed by atoms with Crippen molar-refractivity contribution in [3.8, 4) is 0 Å². The van der Waals surface area contributed by atoms with Crippen LogP contribution in [-0.4, -0.2) is 12.8 Å². The Kier molecular flexibility index (Phi) is 3.11. The molecular weight excluding hydrogens is 217 g/mol. The maximum atomic E-state index is 11.5. The molecule has 2 nitrogen and oxygen atoms in total. The molecular formula is C13H16NOP. The zero-order valence-corrected chi connectivity index (χ0v) is 10.6. The molecule has 0 radical (unpaired) electrons. The van der Waals surface area contributed by atoms with Gasteiger partial charge in [0, 0.05) is 31.1 Å². The van der Waals surface area contributed by atoms with Crippen molar-refractivity contribution in [2.75, 3.05) is 11.7 Å². The highest BCUT2D eigenvalue weighted by Gasteiger charge is 2.19. The van der Waals surface area contributed by atoms with Crippen molar-refractivity contribution in [2.45, 2.75) is 19.3 Å². The predicted octanol–water partition coefficient (Wildman–Crippen LogP) is 2.61. The van der Waals surface area contributed by atoms with Crippen LogP contribution in [0.2, 0.25) is 0 Å². The molecule has 1 aliphatic rings. The second-order valence-corrected chi connectivity index (χ2v) is 4.94. The van der Waals surface area contributed by atoms with Crippen molar-refractivity contribution in [2.24, 2.45) is 0 Å². The average molecular weight is 233 g/mol. The number of carbonyl (C=O) groups excluding carboxylic acids is 1. The van der Waals surface area contributed by atoms with E-state index in [0.29, 0.717) is 18.6 Å². The van der Waals surface area contributed by atoms with E-state index in [1.807, 2.05) is 17.8 Å². The first kappa shape index (κ1) is 11.3. The molecule has 0 fully saturated rings. The van der Waals surface area contributed by atoms with E-state index >= 15 is 0 Å². The SMILES string of the molecule is C=Cc1c(N(C)P)ccc2c1CC(=O)CC2. The molecule has 0 spiro atoms. The first-order valence-corrected chi connectivity index (χ1v) is 5.92. The monoisotopic (exact) mass is 233 g/mol. The van der Waals surface area contributed by atoms with E-state index in [1.54, 1.807) is 0 Å². The Balaban J connectivity index is 2.59. The van der Waals surface area contributed by atoms with Crippen LogP contribution in [-0.2, 0) is 17.6 Å². The van der Waals surface area contributed by atoms with Gasteiger partial charge < -0.3 is 4.67 Å². The number of nitrogens with zero attached hydrogens (tertiary/aromatic N) is 1. The van der Waals surface area contributed by atoms with Crippen LogP contribution in [0.3, 0.4) is 0 Å². The lowest BCUT2D eigenvalue weighted by Crippen LogP contribution is -2.16. The van der Waals surface area contributed by atoms with E-state index in [-0.39, 0.29) is 0 Å². The standard InChI is InChI=1S/C13H16NOP/c1-3-11-12-8-10(15)6-4-9(12)5-7-13(11)14(2)16/h3,5,7H,1,4,6,8,16H2,2H3. The van der Waals surface area contributed by atoms with Gasteiger partial charge in [-0.05, 0) is 33.0 Å². The molecule has 84 valence electrons. The van der Waals surface area contributed by atoms with Gasteiger partial charge in [0.1, 0.15) is 5.78 Å². The molecule has 0 saturated carbocycles. The lowest BCUT2D eigenvalue weighted by molar-refractivity contribution is -0.118. The minimum Gasteiger partial charge on any atom is -0.359 e. The van der Waals surface area contributed by atoms with E-state index in [1.165, 1.54) is 5.56 Å². The predicted molar refractivity (Wildman–Crippen MR) is 71.7 cm³/mol. The number of benzene rings is 1. The zero-order chi connectivity index (χ0) is 11.7. The highest BCUT2D eigenvalue weighted by atomic mass is 31.0. The van der Waals surface area contributed by atoms with Crippen molar-refractivity contribution in [1.82, 2.24) is 0 Å². The Hall–Kier alpha value is -1.14. The highest BCUT2D eigenvalue weighted by molar-refractivity contribution is 7.19. The third kappa shape index (κ3) is 1.90. The number of rotatable bonds is 2. The average Bonchev–Trinajstić information content (AvgIpc) is 2.27. The molecule has 1 atom stereocenters. The van der Waals surface area contributed by atoms with Gasteiger partial charge >= 0.3 is 0 Å². The Labute approximate surface area is 98.6 Å². The topological polar surface area (TPSA) is 20.3 Å². The summed E-state index contributed by atoms with van der Waals surface area (Å²) in [6, 6.07) is 4.23. The Bertz CT molecular complexity index is 451. The normalized spacial score (nSPS) is 14.5. The van der Waals surface area contributed by atoms with Gasteiger partial charge in [0.05, 0.1) is 0 Å². The summed E-state index contributed by atoms with van der Waals surface area (Å²) < 4.78 is 1.98. The summed E-state index contributed by atoms with van der Waals surface area (Å²) in [6.45, 7) is 3.86. The Morgan fingerprint density at radius 2 is 2.19 bits per heavy atom. The highest BCUT2D eigenvalue weighted by Crippen LogP contribution is 2.32. The molecule has 1 aromatic rings. The fourth-order valence-electron chi connectivity index (χ4n) is 2.24. The van der Waals surface area contributed by atoms with E-state index in [9.17, 15) is 4.79 Å². The van der Waals surface area contributed by atoms with Gasteiger partial charge in [0.2, 0.25) is 0 Å². The molecule has 16 heavy (non-hydrogen) atoms. The van der Waals surface area contributed by atoms with Crippen molar-refractivity contribution < 1.29 is 4.79 Å². The molecule has 0 heterocycles. The first-order valence-electron chi connectivity index (χ1n) is 5.40. The molecule has 2 rings (SSSR count). The fraction of sp³-hybridized carbons (Fsp3) is 0.308. The summed E-state index contributed by atoms with van der Waals surface area (Å²) >= 11 is 0. The largest absolute Gasteiger partial charge is 0.359 e. The van der Waals surface area contributed by atoms with Crippen molar-refractivity contribution in [1.29, 1.82) is 0 Å².